The summed E-state index contributed by atoms with van der Waals surface area (Å²) in [6.45, 7) is 0.150. The molecule has 1 fully saturated rings. The first-order chi connectivity index (χ1) is 6.66. The lowest BCUT2D eigenvalue weighted by Crippen LogP contribution is -2.19. The second kappa shape index (κ2) is 4.68. The summed E-state index contributed by atoms with van der Waals surface area (Å²) in [7, 11) is 0. The maximum absolute atomic E-state index is 13.3. The lowest BCUT2D eigenvalue weighted by Gasteiger charge is -2.08. The Morgan fingerprint density at radius 1 is 1.53 bits per heavy atom. The zero-order valence-electron chi connectivity index (χ0n) is 7.50. The number of cyclic esters (lactones) is 1. The monoisotopic (exact) mass is 251 g/mol. The molecule has 15 heavy (non-hydrogen) atoms. The highest BCUT2D eigenvalue weighted by atomic mass is 35.5. The molecule has 0 radical (unpaired) electrons. The van der Waals surface area contributed by atoms with Crippen molar-refractivity contribution in [3.63, 3.8) is 0 Å². The molecule has 1 heterocycles. The van der Waals surface area contributed by atoms with Gasteiger partial charge in [-0.15, -0.1) is 12.4 Å². The summed E-state index contributed by atoms with van der Waals surface area (Å²) in [5.41, 5.74) is 0.389. The normalized spacial score (nSPS) is 19.1. The number of ether oxygens (including phenoxy) is 1. The van der Waals surface area contributed by atoms with Crippen LogP contribution in [0.2, 0.25) is 5.02 Å². The van der Waals surface area contributed by atoms with Crippen LogP contribution in [0.4, 0.5) is 9.18 Å². The van der Waals surface area contributed by atoms with Gasteiger partial charge < -0.3 is 10.1 Å². The van der Waals surface area contributed by atoms with Crippen LogP contribution in [0.15, 0.2) is 18.2 Å². The van der Waals surface area contributed by atoms with Gasteiger partial charge in [0.2, 0.25) is 0 Å². The maximum Gasteiger partial charge on any atom is 0.407 e. The highest BCUT2D eigenvalue weighted by molar-refractivity contribution is 6.30. The third kappa shape index (κ3) is 2.52. The summed E-state index contributed by atoms with van der Waals surface area (Å²) in [6, 6.07) is 3.91. The topological polar surface area (TPSA) is 38.3 Å². The smallest absolute Gasteiger partial charge is 0.407 e. The number of amides is 1. The number of hydrogen-bond donors (Lipinski definition) is 1. The Balaban J connectivity index is 0.00000112. The molecule has 0 aliphatic carbocycles. The molecular weight excluding hydrogens is 244 g/mol. The van der Waals surface area contributed by atoms with E-state index in [0.29, 0.717) is 10.6 Å². The molecule has 82 valence electrons. The van der Waals surface area contributed by atoms with E-state index in [1.54, 1.807) is 6.07 Å². The number of nitrogens with one attached hydrogen (secondary N) is 1. The second-order valence-electron chi connectivity index (χ2n) is 2.96. The zero-order valence-corrected chi connectivity index (χ0v) is 9.07. The van der Waals surface area contributed by atoms with Crippen molar-refractivity contribution in [2.24, 2.45) is 0 Å². The minimum Gasteiger partial charge on any atom is -0.447 e. The fraction of sp³-hybridized carbons (Fsp3) is 0.222. The molecule has 0 spiro atoms. The second-order valence-corrected chi connectivity index (χ2v) is 3.40. The summed E-state index contributed by atoms with van der Waals surface area (Å²) >= 11 is 5.59. The third-order valence-corrected chi connectivity index (χ3v) is 2.25. The van der Waals surface area contributed by atoms with Crippen molar-refractivity contribution in [1.82, 2.24) is 5.32 Å². The fourth-order valence-electron chi connectivity index (χ4n) is 1.34. The Hall–Kier alpha value is -1.00. The quantitative estimate of drug-likeness (QED) is 0.834. The minimum atomic E-state index is -0.524. The van der Waals surface area contributed by atoms with Gasteiger partial charge in [-0.2, -0.15) is 0 Å². The Kier molecular flexibility index (Phi) is 3.77. The number of carbonyl (C=O) groups excluding carboxylic acids is 1. The molecule has 0 unspecified atom stereocenters. The van der Waals surface area contributed by atoms with E-state index in [0.717, 1.165) is 0 Å². The number of benzene rings is 1. The third-order valence-electron chi connectivity index (χ3n) is 2.01. The van der Waals surface area contributed by atoms with Gasteiger partial charge in [-0.1, -0.05) is 17.7 Å². The Labute approximate surface area is 97.0 Å². The van der Waals surface area contributed by atoms with Gasteiger partial charge in [0.05, 0.1) is 6.04 Å². The van der Waals surface area contributed by atoms with Gasteiger partial charge in [-0.3, -0.25) is 0 Å². The predicted molar refractivity (Wildman–Crippen MR) is 55.9 cm³/mol. The van der Waals surface area contributed by atoms with Gasteiger partial charge in [0.25, 0.3) is 0 Å². The van der Waals surface area contributed by atoms with Crippen molar-refractivity contribution in [1.29, 1.82) is 0 Å². The molecule has 1 aromatic carbocycles. The van der Waals surface area contributed by atoms with Crippen molar-refractivity contribution >= 4 is 30.1 Å². The fourth-order valence-corrected chi connectivity index (χ4v) is 1.50. The van der Waals surface area contributed by atoms with Gasteiger partial charge in [-0.05, 0) is 12.1 Å². The lowest BCUT2D eigenvalue weighted by atomic mass is 10.1. The molecule has 1 aliphatic rings. The molecule has 1 aromatic rings. The first kappa shape index (κ1) is 12.1. The first-order valence-corrected chi connectivity index (χ1v) is 4.43. The maximum atomic E-state index is 13.3. The summed E-state index contributed by atoms with van der Waals surface area (Å²) < 4.78 is 18.0. The molecule has 1 amide bonds. The molecule has 6 heteroatoms. The molecule has 1 N–H and O–H groups in total. The summed E-state index contributed by atoms with van der Waals surface area (Å²) in [5.74, 6) is -0.437. The molecule has 1 aliphatic heterocycles. The number of alkyl carbamates (subject to hydrolysis) is 1. The Bertz CT molecular complexity index is 386. The van der Waals surface area contributed by atoms with Gasteiger partial charge >= 0.3 is 6.09 Å². The van der Waals surface area contributed by atoms with E-state index in [1.807, 2.05) is 0 Å². The first-order valence-electron chi connectivity index (χ1n) is 4.05. The Morgan fingerprint density at radius 3 is 2.80 bits per heavy atom. The van der Waals surface area contributed by atoms with Crippen LogP contribution in [-0.2, 0) is 4.74 Å². The summed E-state index contributed by atoms with van der Waals surface area (Å²) in [5, 5.41) is 2.82. The zero-order chi connectivity index (χ0) is 10.1. The van der Waals surface area contributed by atoms with E-state index < -0.39 is 18.0 Å². The van der Waals surface area contributed by atoms with Crippen molar-refractivity contribution in [2.75, 3.05) is 6.61 Å². The molecule has 0 aromatic heterocycles. The van der Waals surface area contributed by atoms with E-state index in [9.17, 15) is 9.18 Å². The van der Waals surface area contributed by atoms with Crippen LogP contribution in [0.3, 0.4) is 0 Å². The van der Waals surface area contributed by atoms with E-state index >= 15 is 0 Å². The largest absolute Gasteiger partial charge is 0.447 e. The minimum absolute atomic E-state index is 0. The van der Waals surface area contributed by atoms with Crippen LogP contribution < -0.4 is 5.32 Å². The number of halogens is 3. The van der Waals surface area contributed by atoms with Gasteiger partial charge in [-0.25, -0.2) is 9.18 Å². The molecule has 1 saturated heterocycles. The SMILES string of the molecule is Cl.O=C1N[C@@H](c2ccc(Cl)cc2F)CO1. The van der Waals surface area contributed by atoms with E-state index in [1.165, 1.54) is 12.1 Å². The average molecular weight is 252 g/mol. The Morgan fingerprint density at radius 2 is 2.27 bits per heavy atom. The van der Waals surface area contributed by atoms with E-state index in [4.69, 9.17) is 11.6 Å². The number of rotatable bonds is 1. The van der Waals surface area contributed by atoms with Crippen LogP contribution >= 0.6 is 24.0 Å². The van der Waals surface area contributed by atoms with E-state index in [2.05, 4.69) is 10.1 Å². The van der Waals surface area contributed by atoms with E-state index in [-0.39, 0.29) is 19.0 Å². The van der Waals surface area contributed by atoms with Crippen LogP contribution in [-0.4, -0.2) is 12.7 Å². The van der Waals surface area contributed by atoms with Crippen LogP contribution in [0.5, 0.6) is 0 Å². The van der Waals surface area contributed by atoms with Crippen LogP contribution in [0, 0.1) is 5.82 Å². The predicted octanol–water partition coefficient (Wildman–Crippen LogP) is 2.68. The number of carbonyl (C=O) groups is 1. The van der Waals surface area contributed by atoms with Gasteiger partial charge in [0.15, 0.2) is 0 Å². The molecule has 0 bridgehead atoms. The summed E-state index contributed by atoms with van der Waals surface area (Å²) in [4.78, 5) is 10.7. The van der Waals surface area contributed by atoms with Crippen molar-refractivity contribution in [3.8, 4) is 0 Å². The van der Waals surface area contributed by atoms with Crippen LogP contribution in [0.25, 0.3) is 0 Å². The average Bonchev–Trinajstić information content (AvgIpc) is 2.51. The van der Waals surface area contributed by atoms with Crippen molar-refractivity contribution in [3.05, 3.63) is 34.6 Å². The molecule has 1 atom stereocenters. The van der Waals surface area contributed by atoms with Crippen molar-refractivity contribution in [2.45, 2.75) is 6.04 Å². The molecule has 0 saturated carbocycles. The standard InChI is InChI=1S/C9H7ClFNO2.ClH/c10-5-1-2-6(7(11)3-5)8-4-14-9(13)12-8;/h1-3,8H,4H2,(H,12,13);1H/t8-;/m1./s1. The highest BCUT2D eigenvalue weighted by Gasteiger charge is 2.25. The van der Waals surface area contributed by atoms with Gasteiger partial charge in [0.1, 0.15) is 12.4 Å². The molecular formula is C9H8Cl2FNO2. The highest BCUT2D eigenvalue weighted by Crippen LogP contribution is 2.23. The molecule has 3 nitrogen and oxygen atoms in total. The molecule has 2 rings (SSSR count). The van der Waals surface area contributed by atoms with Gasteiger partial charge in [0, 0.05) is 10.6 Å². The van der Waals surface area contributed by atoms with Crippen molar-refractivity contribution < 1.29 is 13.9 Å². The lowest BCUT2D eigenvalue weighted by molar-refractivity contribution is 0.177. The summed E-state index contributed by atoms with van der Waals surface area (Å²) in [6.07, 6.45) is -0.524. The number of hydrogen-bond acceptors (Lipinski definition) is 2. The van der Waals surface area contributed by atoms with Crippen LogP contribution in [0.1, 0.15) is 11.6 Å².